The van der Waals surface area contributed by atoms with E-state index in [-0.39, 0.29) is 5.75 Å². The molecule has 0 aliphatic carbocycles. The molecule has 0 bridgehead atoms. The van der Waals surface area contributed by atoms with Crippen LogP contribution in [0.15, 0.2) is 53.1 Å². The molecule has 4 atom stereocenters. The zero-order valence-electron chi connectivity index (χ0n) is 18.8. The van der Waals surface area contributed by atoms with Crippen LogP contribution in [0.4, 0.5) is 0 Å². The number of carbonyl (C=O) groups is 3. The molecular weight excluding hydrogens is 462 g/mol. The van der Waals surface area contributed by atoms with Gasteiger partial charge in [0.1, 0.15) is 17.0 Å². The monoisotopic (exact) mass is 485 g/mol. The Hall–Kier alpha value is -3.53. The van der Waals surface area contributed by atoms with Crippen molar-refractivity contribution in [2.45, 2.75) is 44.5 Å². The summed E-state index contributed by atoms with van der Waals surface area (Å²) in [6.07, 6.45) is -1.27. The zero-order chi connectivity index (χ0) is 24.2. The molecule has 0 spiro atoms. The van der Waals surface area contributed by atoms with E-state index in [2.05, 4.69) is 4.98 Å². The Morgan fingerprint density at radius 1 is 0.941 bits per heavy atom. The third-order valence-electron chi connectivity index (χ3n) is 4.97. The van der Waals surface area contributed by atoms with Crippen LogP contribution in [0, 0.1) is 0 Å². The molecule has 3 heterocycles. The first-order valence-electron chi connectivity index (χ1n) is 10.5. The van der Waals surface area contributed by atoms with E-state index in [1.54, 1.807) is 12.1 Å². The van der Waals surface area contributed by atoms with Gasteiger partial charge in [0.25, 0.3) is 0 Å². The third kappa shape index (κ3) is 5.51. The highest BCUT2D eigenvalue weighted by atomic mass is 32.2. The normalized spacial score (nSPS) is 22.1. The average Bonchev–Trinajstić information content (AvgIpc) is 3.21. The lowest BCUT2D eigenvalue weighted by molar-refractivity contribution is -0.186. The molecule has 10 heteroatoms. The maximum Gasteiger partial charge on any atom is 0.303 e. The second-order valence-electron chi connectivity index (χ2n) is 7.64. The van der Waals surface area contributed by atoms with Gasteiger partial charge in [-0.15, -0.1) is 11.8 Å². The largest absolute Gasteiger partial charge is 0.474 e. The molecule has 1 aliphatic heterocycles. The van der Waals surface area contributed by atoms with E-state index >= 15 is 0 Å². The molecule has 0 radical (unpaired) electrons. The van der Waals surface area contributed by atoms with E-state index in [1.165, 1.54) is 38.7 Å². The number of benzene rings is 1. The molecular formula is C24H23NO8S. The summed E-state index contributed by atoms with van der Waals surface area (Å²) >= 11 is 1.28. The van der Waals surface area contributed by atoms with Gasteiger partial charge in [0.2, 0.25) is 0 Å². The number of carbonyl (C=O) groups excluding carboxylic acids is 3. The summed E-state index contributed by atoms with van der Waals surface area (Å²) in [5.74, 6) is -0.391. The Bertz CT molecular complexity index is 1160. The summed E-state index contributed by atoms with van der Waals surface area (Å²) in [5.41, 5.74) is 0.671. The molecule has 0 unspecified atom stereocenters. The molecule has 34 heavy (non-hydrogen) atoms. The molecule has 1 fully saturated rings. The van der Waals surface area contributed by atoms with Gasteiger partial charge in [-0.05, 0) is 24.3 Å². The van der Waals surface area contributed by atoms with Crippen molar-refractivity contribution in [1.29, 1.82) is 0 Å². The third-order valence-corrected chi connectivity index (χ3v) is 6.19. The maximum atomic E-state index is 11.8. The summed E-state index contributed by atoms with van der Waals surface area (Å²) in [7, 11) is 0. The number of rotatable bonds is 6. The smallest absolute Gasteiger partial charge is 0.303 e. The number of aromatic nitrogens is 1. The fourth-order valence-corrected chi connectivity index (χ4v) is 4.86. The summed E-state index contributed by atoms with van der Waals surface area (Å²) in [5, 5.41) is 0.973. The Balaban J connectivity index is 1.54. The van der Waals surface area contributed by atoms with Crippen LogP contribution >= 0.6 is 11.8 Å². The van der Waals surface area contributed by atoms with E-state index in [0.29, 0.717) is 17.2 Å². The van der Waals surface area contributed by atoms with Crippen molar-refractivity contribution in [3.05, 3.63) is 48.7 Å². The molecule has 9 nitrogen and oxygen atoms in total. The van der Waals surface area contributed by atoms with Gasteiger partial charge >= 0.3 is 17.9 Å². The van der Waals surface area contributed by atoms with Crippen LogP contribution in [-0.4, -0.2) is 52.4 Å². The molecule has 0 amide bonds. The van der Waals surface area contributed by atoms with E-state index < -0.39 is 41.7 Å². The Kier molecular flexibility index (Phi) is 7.06. The summed E-state index contributed by atoms with van der Waals surface area (Å²) in [6, 6.07) is 13.1. The van der Waals surface area contributed by atoms with Crippen molar-refractivity contribution in [1.82, 2.24) is 4.98 Å². The first-order chi connectivity index (χ1) is 16.3. The predicted molar refractivity (Wildman–Crippen MR) is 123 cm³/mol. The van der Waals surface area contributed by atoms with Crippen molar-refractivity contribution >= 4 is 40.6 Å². The zero-order valence-corrected chi connectivity index (χ0v) is 19.6. The summed E-state index contributed by atoms with van der Waals surface area (Å²) in [4.78, 5) is 39.4. The van der Waals surface area contributed by atoms with E-state index in [1.807, 2.05) is 30.3 Å². The number of fused-ring (bicyclic) bond motifs is 1. The number of thioether (sulfide) groups is 1. The molecule has 1 aliphatic rings. The van der Waals surface area contributed by atoms with Crippen molar-refractivity contribution in [3.8, 4) is 17.2 Å². The Labute approximate surface area is 199 Å². The van der Waals surface area contributed by atoms with Crippen LogP contribution in [0.5, 0.6) is 5.75 Å². The summed E-state index contributed by atoms with van der Waals surface area (Å²) < 4.78 is 28.0. The highest BCUT2D eigenvalue weighted by Gasteiger charge is 2.47. The lowest BCUT2D eigenvalue weighted by Crippen LogP contribution is -2.55. The number of hydrogen-bond acceptors (Lipinski definition) is 10. The van der Waals surface area contributed by atoms with Crippen LogP contribution in [0.25, 0.3) is 22.4 Å². The van der Waals surface area contributed by atoms with Crippen LogP contribution in [0.1, 0.15) is 20.8 Å². The highest BCUT2D eigenvalue weighted by molar-refractivity contribution is 7.99. The minimum Gasteiger partial charge on any atom is -0.474 e. The second kappa shape index (κ2) is 10.2. The number of hydrogen-bond donors (Lipinski definition) is 0. The first-order valence-corrected chi connectivity index (χ1v) is 11.6. The fraction of sp³-hybridized carbons (Fsp3) is 0.333. The fourth-order valence-electron chi connectivity index (χ4n) is 3.65. The SMILES string of the molecule is CC(=O)O[C@@H]1[C@@H](OC(C)=O)[C@H](OC(C)=O)CS[C@H]1Oc1ccc(-c2cc3ccccc3o2)nc1. The number of nitrogens with zero attached hydrogens (tertiary/aromatic N) is 1. The standard InChI is InChI=1S/C24H23NO8S/c1-13(26)29-21-12-34-24(23(31-15(3)28)22(21)30-14(2)27)32-17-8-9-18(25-11-17)20-10-16-6-4-5-7-19(16)33-20/h4-11,21-24H,12H2,1-3H3/t21-,22+,23-,24-/m1/s1. The highest BCUT2D eigenvalue weighted by Crippen LogP contribution is 2.35. The first kappa shape index (κ1) is 23.6. The van der Waals surface area contributed by atoms with Gasteiger partial charge in [-0.1, -0.05) is 18.2 Å². The van der Waals surface area contributed by atoms with Crippen LogP contribution in [-0.2, 0) is 28.6 Å². The maximum absolute atomic E-state index is 11.8. The number of para-hydroxylation sites is 1. The van der Waals surface area contributed by atoms with E-state index in [9.17, 15) is 14.4 Å². The van der Waals surface area contributed by atoms with Crippen LogP contribution in [0.3, 0.4) is 0 Å². The van der Waals surface area contributed by atoms with Crippen molar-refractivity contribution in [3.63, 3.8) is 0 Å². The van der Waals surface area contributed by atoms with Gasteiger partial charge in [-0.3, -0.25) is 14.4 Å². The van der Waals surface area contributed by atoms with Gasteiger partial charge in [-0.2, -0.15) is 0 Å². The van der Waals surface area contributed by atoms with E-state index in [0.717, 1.165) is 11.0 Å². The Morgan fingerprint density at radius 3 is 2.29 bits per heavy atom. The molecule has 4 rings (SSSR count). The summed E-state index contributed by atoms with van der Waals surface area (Å²) in [6.45, 7) is 3.73. The topological polar surface area (TPSA) is 114 Å². The van der Waals surface area contributed by atoms with Crippen molar-refractivity contribution < 1.29 is 37.7 Å². The van der Waals surface area contributed by atoms with Crippen LogP contribution < -0.4 is 4.74 Å². The molecule has 3 aromatic rings. The number of furan rings is 1. The van der Waals surface area contributed by atoms with Gasteiger partial charge < -0.3 is 23.4 Å². The van der Waals surface area contributed by atoms with Crippen molar-refractivity contribution in [2.24, 2.45) is 0 Å². The molecule has 1 aromatic carbocycles. The Morgan fingerprint density at radius 2 is 1.65 bits per heavy atom. The van der Waals surface area contributed by atoms with Crippen LogP contribution in [0.2, 0.25) is 0 Å². The van der Waals surface area contributed by atoms with Gasteiger partial charge in [-0.25, -0.2) is 4.98 Å². The number of pyridine rings is 1. The molecule has 0 saturated carbocycles. The number of ether oxygens (including phenoxy) is 4. The molecule has 0 N–H and O–H groups in total. The van der Waals surface area contributed by atoms with Gasteiger partial charge in [0.15, 0.2) is 29.5 Å². The molecule has 178 valence electrons. The lowest BCUT2D eigenvalue weighted by atomic mass is 10.1. The molecule has 1 saturated heterocycles. The minimum absolute atomic E-state index is 0.282. The minimum atomic E-state index is -1.01. The number of esters is 3. The predicted octanol–water partition coefficient (Wildman–Crippen LogP) is 3.74. The van der Waals surface area contributed by atoms with Gasteiger partial charge in [0.05, 0.1) is 6.20 Å². The average molecular weight is 486 g/mol. The van der Waals surface area contributed by atoms with E-state index in [4.69, 9.17) is 23.4 Å². The second-order valence-corrected chi connectivity index (χ2v) is 8.77. The lowest BCUT2D eigenvalue weighted by Gasteiger charge is -2.39. The van der Waals surface area contributed by atoms with Crippen molar-refractivity contribution in [2.75, 3.05) is 5.75 Å². The van der Waals surface area contributed by atoms with Gasteiger partial charge in [0, 0.05) is 31.9 Å². The quantitative estimate of drug-likeness (QED) is 0.378. The molecule has 2 aromatic heterocycles.